The quantitative estimate of drug-likeness (QED) is 0.836. The van der Waals surface area contributed by atoms with Gasteiger partial charge in [-0.1, -0.05) is 37.3 Å². The molecule has 1 saturated carbocycles. The number of morpholine rings is 1. The zero-order valence-electron chi connectivity index (χ0n) is 15.0. The lowest BCUT2D eigenvalue weighted by Crippen LogP contribution is -2.42. The van der Waals surface area contributed by atoms with Gasteiger partial charge in [-0.25, -0.2) is 0 Å². The van der Waals surface area contributed by atoms with E-state index in [4.69, 9.17) is 9.15 Å². The number of furan rings is 1. The molecule has 0 spiro atoms. The molecular weight excluding hydrogens is 312 g/mol. The van der Waals surface area contributed by atoms with Gasteiger partial charge in [0.2, 0.25) is 0 Å². The Morgan fingerprint density at radius 3 is 2.60 bits per heavy atom. The van der Waals surface area contributed by atoms with Crippen LogP contribution in [0.2, 0.25) is 0 Å². The number of nitrogens with one attached hydrogen (secondary N) is 1. The van der Waals surface area contributed by atoms with E-state index in [0.717, 1.165) is 56.8 Å². The van der Waals surface area contributed by atoms with E-state index in [2.05, 4.69) is 59.6 Å². The van der Waals surface area contributed by atoms with Crippen molar-refractivity contribution in [2.75, 3.05) is 32.8 Å². The van der Waals surface area contributed by atoms with Gasteiger partial charge in [-0.05, 0) is 30.0 Å². The first-order valence-corrected chi connectivity index (χ1v) is 9.47. The minimum atomic E-state index is 0.378. The topological polar surface area (TPSA) is 37.6 Å². The van der Waals surface area contributed by atoms with Crippen LogP contribution >= 0.6 is 0 Å². The lowest BCUT2D eigenvalue weighted by Gasteiger charge is -2.35. The average Bonchev–Trinajstić information content (AvgIpc) is 3.21. The molecule has 3 atom stereocenters. The molecule has 4 rings (SSSR count). The van der Waals surface area contributed by atoms with Crippen LogP contribution in [0, 0.1) is 5.92 Å². The normalized spacial score (nSPS) is 25.0. The first-order chi connectivity index (χ1) is 12.3. The van der Waals surface area contributed by atoms with Gasteiger partial charge in [-0.3, -0.25) is 4.90 Å². The fourth-order valence-corrected chi connectivity index (χ4v) is 3.76. The summed E-state index contributed by atoms with van der Waals surface area (Å²) in [6.45, 7) is 7.62. The largest absolute Gasteiger partial charge is 0.464 e. The van der Waals surface area contributed by atoms with Gasteiger partial charge < -0.3 is 14.5 Å². The van der Waals surface area contributed by atoms with Crippen molar-refractivity contribution in [2.45, 2.75) is 31.8 Å². The average molecular weight is 340 g/mol. The Bertz CT molecular complexity index is 664. The first kappa shape index (κ1) is 16.8. The van der Waals surface area contributed by atoms with Crippen LogP contribution in [0.1, 0.15) is 42.4 Å². The molecule has 1 N–H and O–H groups in total. The second kappa shape index (κ2) is 7.73. The highest BCUT2D eigenvalue weighted by Crippen LogP contribution is 2.47. The highest BCUT2D eigenvalue weighted by molar-refractivity contribution is 5.20. The molecule has 3 unspecified atom stereocenters. The number of rotatable bonds is 7. The van der Waals surface area contributed by atoms with Crippen molar-refractivity contribution in [3.05, 3.63) is 59.5 Å². The Kier molecular flexibility index (Phi) is 5.20. The molecule has 25 heavy (non-hydrogen) atoms. The molecule has 1 aliphatic heterocycles. The van der Waals surface area contributed by atoms with Crippen molar-refractivity contribution in [3.8, 4) is 0 Å². The summed E-state index contributed by atoms with van der Waals surface area (Å²) in [4.78, 5) is 2.52. The molecule has 1 aromatic carbocycles. The van der Waals surface area contributed by atoms with Gasteiger partial charge in [0.05, 0.1) is 19.8 Å². The van der Waals surface area contributed by atoms with E-state index in [0.29, 0.717) is 12.0 Å². The number of ether oxygens (including phenoxy) is 1. The predicted molar refractivity (Wildman–Crippen MR) is 98.5 cm³/mol. The predicted octanol–water partition coefficient (Wildman–Crippen LogP) is 3.57. The van der Waals surface area contributed by atoms with Crippen LogP contribution in [0.15, 0.2) is 46.9 Å². The Morgan fingerprint density at radius 1 is 1.12 bits per heavy atom. The highest BCUT2D eigenvalue weighted by atomic mass is 16.5. The minimum absolute atomic E-state index is 0.378. The molecule has 0 bridgehead atoms. The third kappa shape index (κ3) is 4.14. The summed E-state index contributed by atoms with van der Waals surface area (Å²) < 4.78 is 11.5. The van der Waals surface area contributed by atoms with E-state index >= 15 is 0 Å². The molecule has 1 aromatic heterocycles. The molecule has 2 fully saturated rings. The summed E-state index contributed by atoms with van der Waals surface area (Å²) in [5.74, 6) is 3.65. The van der Waals surface area contributed by atoms with Gasteiger partial charge in [0.15, 0.2) is 0 Å². The van der Waals surface area contributed by atoms with Gasteiger partial charge in [0.25, 0.3) is 0 Å². The number of hydrogen-bond acceptors (Lipinski definition) is 4. The Balaban J connectivity index is 1.36. The molecular formula is C21H28N2O2. The molecule has 2 aromatic rings. The van der Waals surface area contributed by atoms with Gasteiger partial charge in [-0.2, -0.15) is 0 Å². The van der Waals surface area contributed by atoms with Crippen LogP contribution in [-0.2, 0) is 11.3 Å². The second-order valence-corrected chi connectivity index (χ2v) is 7.33. The number of hydrogen-bond donors (Lipinski definition) is 1. The molecule has 1 saturated heterocycles. The Morgan fingerprint density at radius 2 is 1.88 bits per heavy atom. The van der Waals surface area contributed by atoms with Crippen molar-refractivity contribution in [1.82, 2.24) is 10.2 Å². The Labute approximate surface area is 150 Å². The van der Waals surface area contributed by atoms with Crippen molar-refractivity contribution in [3.63, 3.8) is 0 Å². The maximum Gasteiger partial charge on any atom is 0.117 e. The van der Waals surface area contributed by atoms with Gasteiger partial charge in [0, 0.05) is 31.6 Å². The zero-order chi connectivity index (χ0) is 17.1. The summed E-state index contributed by atoms with van der Waals surface area (Å²) in [6.07, 6.45) is 1.27. The third-order valence-corrected chi connectivity index (χ3v) is 5.47. The molecule has 134 valence electrons. The van der Waals surface area contributed by atoms with Gasteiger partial charge >= 0.3 is 0 Å². The van der Waals surface area contributed by atoms with Crippen LogP contribution < -0.4 is 5.32 Å². The van der Waals surface area contributed by atoms with Gasteiger partial charge in [0.1, 0.15) is 11.5 Å². The van der Waals surface area contributed by atoms with E-state index in [1.165, 1.54) is 12.0 Å². The van der Waals surface area contributed by atoms with Crippen LogP contribution in [0.25, 0.3) is 0 Å². The number of benzene rings is 1. The van der Waals surface area contributed by atoms with Crippen molar-refractivity contribution in [1.29, 1.82) is 0 Å². The maximum atomic E-state index is 6.01. The smallest absolute Gasteiger partial charge is 0.117 e. The van der Waals surface area contributed by atoms with E-state index in [-0.39, 0.29) is 0 Å². The molecule has 4 nitrogen and oxygen atoms in total. The first-order valence-electron chi connectivity index (χ1n) is 9.47. The molecule has 4 heteroatoms. The highest BCUT2D eigenvalue weighted by Gasteiger charge is 2.36. The molecule has 2 heterocycles. The van der Waals surface area contributed by atoms with Crippen LogP contribution in [-0.4, -0.2) is 37.7 Å². The van der Waals surface area contributed by atoms with Crippen LogP contribution in [0.3, 0.4) is 0 Å². The maximum absolute atomic E-state index is 6.01. The zero-order valence-corrected chi connectivity index (χ0v) is 15.0. The van der Waals surface area contributed by atoms with Crippen LogP contribution in [0.4, 0.5) is 0 Å². The van der Waals surface area contributed by atoms with E-state index in [1.54, 1.807) is 0 Å². The van der Waals surface area contributed by atoms with Crippen molar-refractivity contribution in [2.24, 2.45) is 5.92 Å². The lowest BCUT2D eigenvalue weighted by atomic mass is 10.0. The molecule has 2 aliphatic rings. The summed E-state index contributed by atoms with van der Waals surface area (Å²) in [5.41, 5.74) is 1.36. The lowest BCUT2D eigenvalue weighted by molar-refractivity contribution is 0.0160. The van der Waals surface area contributed by atoms with Crippen LogP contribution in [0.5, 0.6) is 0 Å². The van der Waals surface area contributed by atoms with E-state index in [9.17, 15) is 0 Å². The van der Waals surface area contributed by atoms with E-state index < -0.39 is 0 Å². The van der Waals surface area contributed by atoms with Crippen molar-refractivity contribution >= 4 is 0 Å². The molecule has 0 radical (unpaired) electrons. The summed E-state index contributed by atoms with van der Waals surface area (Å²) >= 11 is 0. The minimum Gasteiger partial charge on any atom is -0.464 e. The molecule has 1 aliphatic carbocycles. The van der Waals surface area contributed by atoms with Gasteiger partial charge in [-0.15, -0.1) is 0 Å². The summed E-state index contributed by atoms with van der Waals surface area (Å²) in [5, 5.41) is 3.61. The standard InChI is InChI=1S/C21H28N2O2/c1-16-13-19(16)21-8-7-18(25-21)14-22-15-20(17-5-3-2-4-6-17)23-9-11-24-12-10-23/h2-8,16,19-20,22H,9-15H2,1H3. The summed E-state index contributed by atoms with van der Waals surface area (Å²) in [7, 11) is 0. The Hall–Kier alpha value is -1.62. The summed E-state index contributed by atoms with van der Waals surface area (Å²) in [6, 6.07) is 15.4. The monoisotopic (exact) mass is 340 g/mol. The second-order valence-electron chi connectivity index (χ2n) is 7.33. The fraction of sp³-hybridized carbons (Fsp3) is 0.524. The third-order valence-electron chi connectivity index (χ3n) is 5.47. The van der Waals surface area contributed by atoms with E-state index in [1.807, 2.05) is 0 Å². The molecule has 0 amide bonds. The fourth-order valence-electron chi connectivity index (χ4n) is 3.76. The van der Waals surface area contributed by atoms with Crippen molar-refractivity contribution < 1.29 is 9.15 Å². The SMILES string of the molecule is CC1CC1c1ccc(CNCC(c2ccccc2)N2CCOCC2)o1. The number of nitrogens with zero attached hydrogens (tertiary/aromatic N) is 1.